The number of nitrogens with zero attached hydrogens (tertiary/aromatic N) is 4. The van der Waals surface area contributed by atoms with Crippen molar-refractivity contribution in [3.05, 3.63) is 47.3 Å². The van der Waals surface area contributed by atoms with E-state index in [9.17, 15) is 14.7 Å². The zero-order valence-electron chi connectivity index (χ0n) is 20.4. The number of anilines is 1. The lowest BCUT2D eigenvalue weighted by atomic mass is 10.1. The minimum absolute atomic E-state index is 0.158. The molecule has 9 nitrogen and oxygen atoms in total. The van der Waals surface area contributed by atoms with Crippen LogP contribution < -0.4 is 4.90 Å². The minimum atomic E-state index is -1.12. The molecule has 0 radical (unpaired) electrons. The fourth-order valence-electron chi connectivity index (χ4n) is 3.72. The van der Waals surface area contributed by atoms with E-state index in [1.54, 1.807) is 28.5 Å². The third kappa shape index (κ3) is 5.69. The van der Waals surface area contributed by atoms with Crippen molar-refractivity contribution in [2.45, 2.75) is 45.9 Å². The van der Waals surface area contributed by atoms with Crippen molar-refractivity contribution in [3.63, 3.8) is 0 Å². The van der Waals surface area contributed by atoms with E-state index in [0.717, 1.165) is 0 Å². The maximum absolute atomic E-state index is 12.8. The first kappa shape index (κ1) is 25.1. The highest BCUT2D eigenvalue weighted by molar-refractivity contribution is 5.90. The summed E-state index contributed by atoms with van der Waals surface area (Å²) >= 11 is 0. The summed E-state index contributed by atoms with van der Waals surface area (Å²) in [6.07, 6.45) is -1.48. The SMILES string of the molecule is CC#CCn1c(N2CCN(C(=O)OC(C)(C)C)CC2)nc(C(O)c2ccccc2)c1C(=O)OC. The van der Waals surface area contributed by atoms with Crippen molar-refractivity contribution in [1.29, 1.82) is 0 Å². The number of hydrogen-bond acceptors (Lipinski definition) is 7. The maximum Gasteiger partial charge on any atom is 0.410 e. The van der Waals surface area contributed by atoms with Crippen LogP contribution in [0, 0.1) is 11.8 Å². The highest BCUT2D eigenvalue weighted by Crippen LogP contribution is 2.30. The molecule has 0 aliphatic carbocycles. The van der Waals surface area contributed by atoms with Gasteiger partial charge < -0.3 is 24.4 Å². The van der Waals surface area contributed by atoms with Crippen LogP contribution >= 0.6 is 0 Å². The number of ether oxygens (including phenoxy) is 2. The van der Waals surface area contributed by atoms with Crippen LogP contribution in [0.15, 0.2) is 30.3 Å². The maximum atomic E-state index is 12.8. The van der Waals surface area contributed by atoms with Gasteiger partial charge in [-0.2, -0.15) is 0 Å². The van der Waals surface area contributed by atoms with Gasteiger partial charge in [0.05, 0.1) is 13.7 Å². The highest BCUT2D eigenvalue weighted by atomic mass is 16.6. The molecule has 0 bridgehead atoms. The van der Waals surface area contributed by atoms with E-state index in [0.29, 0.717) is 37.7 Å². The largest absolute Gasteiger partial charge is 0.464 e. The Bertz CT molecular complexity index is 1070. The molecule has 1 atom stereocenters. The lowest BCUT2D eigenvalue weighted by Crippen LogP contribution is -2.50. The van der Waals surface area contributed by atoms with E-state index < -0.39 is 17.7 Å². The monoisotopic (exact) mass is 468 g/mol. The van der Waals surface area contributed by atoms with Crippen LogP contribution in [0.25, 0.3) is 0 Å². The minimum Gasteiger partial charge on any atom is -0.464 e. The molecule has 2 heterocycles. The van der Waals surface area contributed by atoms with Gasteiger partial charge in [-0.1, -0.05) is 36.3 Å². The third-order valence-corrected chi connectivity index (χ3v) is 5.36. The van der Waals surface area contributed by atoms with Crippen LogP contribution in [-0.2, 0) is 16.0 Å². The summed E-state index contributed by atoms with van der Waals surface area (Å²) in [6.45, 7) is 9.26. The summed E-state index contributed by atoms with van der Waals surface area (Å²) < 4.78 is 12.2. The van der Waals surface area contributed by atoms with E-state index in [4.69, 9.17) is 14.5 Å². The summed E-state index contributed by atoms with van der Waals surface area (Å²) in [5.74, 6) is 5.72. The van der Waals surface area contributed by atoms with E-state index in [-0.39, 0.29) is 24.0 Å². The molecule has 182 valence electrons. The molecule has 1 saturated heterocycles. The van der Waals surface area contributed by atoms with Gasteiger partial charge in [0.25, 0.3) is 0 Å². The first-order valence-electron chi connectivity index (χ1n) is 11.2. The van der Waals surface area contributed by atoms with Crippen molar-refractivity contribution in [2.75, 3.05) is 38.2 Å². The van der Waals surface area contributed by atoms with Crippen molar-refractivity contribution >= 4 is 18.0 Å². The van der Waals surface area contributed by atoms with E-state index in [1.165, 1.54) is 7.11 Å². The molecule has 2 aromatic rings. The van der Waals surface area contributed by atoms with Gasteiger partial charge in [-0.3, -0.25) is 4.57 Å². The highest BCUT2D eigenvalue weighted by Gasteiger charge is 2.33. The predicted octanol–water partition coefficient (Wildman–Crippen LogP) is 2.83. The first-order chi connectivity index (χ1) is 16.2. The number of imidazole rings is 1. The number of carbonyl (C=O) groups is 2. The first-order valence-corrected chi connectivity index (χ1v) is 11.2. The molecule has 1 fully saturated rings. The summed E-state index contributed by atoms with van der Waals surface area (Å²) in [6, 6.07) is 9.02. The summed E-state index contributed by atoms with van der Waals surface area (Å²) in [5, 5.41) is 11.1. The Morgan fingerprint density at radius 1 is 1.15 bits per heavy atom. The standard InChI is InChI=1S/C25H32N4O5/c1-6-7-13-29-20(22(31)33-5)19(21(30)18-11-9-8-10-12-18)26-23(29)27-14-16-28(17-15-27)24(32)34-25(2,3)4/h8-12,21,30H,13-17H2,1-5H3. The molecular formula is C25H32N4O5. The fraction of sp³-hybridized carbons (Fsp3) is 0.480. The van der Waals surface area contributed by atoms with Crippen molar-refractivity contribution in [1.82, 2.24) is 14.5 Å². The zero-order chi connectivity index (χ0) is 24.9. The molecule has 1 unspecified atom stereocenters. The molecule has 0 saturated carbocycles. The number of methoxy groups -OCH3 is 1. The molecule has 1 aliphatic heterocycles. The van der Waals surface area contributed by atoms with Gasteiger partial charge in [-0.05, 0) is 33.3 Å². The summed E-state index contributed by atoms with van der Waals surface area (Å²) in [7, 11) is 1.29. The molecule has 1 aromatic carbocycles. The molecule has 9 heteroatoms. The number of amides is 1. The number of rotatable bonds is 5. The van der Waals surface area contributed by atoms with E-state index >= 15 is 0 Å². The zero-order valence-corrected chi connectivity index (χ0v) is 20.4. The van der Waals surface area contributed by atoms with Crippen molar-refractivity contribution in [2.24, 2.45) is 0 Å². The molecule has 1 aliphatic rings. The number of aliphatic hydroxyl groups is 1. The van der Waals surface area contributed by atoms with Gasteiger partial charge in [0.15, 0.2) is 5.69 Å². The number of carbonyl (C=O) groups excluding carboxylic acids is 2. The molecule has 1 aromatic heterocycles. The second-order valence-electron chi connectivity index (χ2n) is 8.92. The third-order valence-electron chi connectivity index (χ3n) is 5.36. The predicted molar refractivity (Wildman–Crippen MR) is 128 cm³/mol. The van der Waals surface area contributed by atoms with Gasteiger partial charge >= 0.3 is 12.1 Å². The van der Waals surface area contributed by atoms with Crippen LogP contribution in [0.1, 0.15) is 55.5 Å². The lowest BCUT2D eigenvalue weighted by molar-refractivity contribution is 0.0240. The Hall–Kier alpha value is -3.51. The second-order valence-corrected chi connectivity index (χ2v) is 8.92. The Labute approximate surface area is 200 Å². The van der Waals surface area contributed by atoms with Gasteiger partial charge in [0.2, 0.25) is 5.95 Å². The van der Waals surface area contributed by atoms with Gasteiger partial charge in [0.1, 0.15) is 17.4 Å². The topological polar surface area (TPSA) is 97.1 Å². The van der Waals surface area contributed by atoms with Crippen LogP contribution in [0.3, 0.4) is 0 Å². The van der Waals surface area contributed by atoms with Crippen LogP contribution in [0.4, 0.5) is 10.7 Å². The quantitative estimate of drug-likeness (QED) is 0.532. The number of aromatic nitrogens is 2. The number of benzene rings is 1. The Morgan fingerprint density at radius 2 is 1.79 bits per heavy atom. The fourth-order valence-corrected chi connectivity index (χ4v) is 3.72. The molecule has 1 N–H and O–H groups in total. The van der Waals surface area contributed by atoms with Crippen molar-refractivity contribution in [3.8, 4) is 11.8 Å². The number of hydrogen-bond donors (Lipinski definition) is 1. The Balaban J connectivity index is 1.95. The van der Waals surface area contributed by atoms with Gasteiger partial charge in [-0.25, -0.2) is 14.6 Å². The van der Waals surface area contributed by atoms with E-state index in [1.807, 2.05) is 43.9 Å². The smallest absolute Gasteiger partial charge is 0.410 e. The molecule has 34 heavy (non-hydrogen) atoms. The van der Waals surface area contributed by atoms with Gasteiger partial charge in [0, 0.05) is 26.2 Å². The summed E-state index contributed by atoms with van der Waals surface area (Å²) in [5.41, 5.74) is 0.410. The van der Waals surface area contributed by atoms with Crippen LogP contribution in [0.2, 0.25) is 0 Å². The van der Waals surface area contributed by atoms with Crippen molar-refractivity contribution < 1.29 is 24.2 Å². The molecule has 1 amide bonds. The Morgan fingerprint density at radius 3 is 2.35 bits per heavy atom. The molecular weight excluding hydrogens is 436 g/mol. The van der Waals surface area contributed by atoms with E-state index in [2.05, 4.69) is 11.8 Å². The molecule has 0 spiro atoms. The number of aliphatic hydroxyl groups excluding tert-OH is 1. The lowest BCUT2D eigenvalue weighted by Gasteiger charge is -2.36. The second kappa shape index (κ2) is 10.6. The van der Waals surface area contributed by atoms with Crippen LogP contribution in [-0.4, -0.2) is 70.5 Å². The van der Waals surface area contributed by atoms with Crippen LogP contribution in [0.5, 0.6) is 0 Å². The normalized spacial score (nSPS) is 14.8. The molecule has 3 rings (SSSR count). The average Bonchev–Trinajstić information content (AvgIpc) is 3.20. The summed E-state index contributed by atoms with van der Waals surface area (Å²) in [4.78, 5) is 33.6. The number of esters is 1. The average molecular weight is 469 g/mol. The number of piperazine rings is 1. The van der Waals surface area contributed by atoms with Gasteiger partial charge in [-0.15, -0.1) is 5.92 Å². The Kier molecular flexibility index (Phi) is 7.84.